The van der Waals surface area contributed by atoms with E-state index in [4.69, 9.17) is 0 Å². The van der Waals surface area contributed by atoms with Crippen molar-refractivity contribution in [2.24, 2.45) is 11.8 Å². The van der Waals surface area contributed by atoms with Crippen molar-refractivity contribution in [1.82, 2.24) is 5.32 Å². The van der Waals surface area contributed by atoms with E-state index in [1.54, 1.807) is 0 Å². The third-order valence-corrected chi connectivity index (χ3v) is 4.61. The third-order valence-electron chi connectivity index (χ3n) is 4.61. The Kier molecular flexibility index (Phi) is 6.38. The number of anilines is 1. The molecule has 1 fully saturated rings. The number of nitrogens with zero attached hydrogens (tertiary/aromatic N) is 1. The van der Waals surface area contributed by atoms with Crippen LogP contribution in [0.2, 0.25) is 0 Å². The molecule has 0 heterocycles. The smallest absolute Gasteiger partial charge is 0.0363 e. The van der Waals surface area contributed by atoms with Crippen molar-refractivity contribution in [2.45, 2.75) is 39.0 Å². The largest absolute Gasteiger partial charge is 0.375 e. The summed E-state index contributed by atoms with van der Waals surface area (Å²) in [6.07, 6.45) is 6.94. The van der Waals surface area contributed by atoms with Gasteiger partial charge in [-0.25, -0.2) is 0 Å². The zero-order valence-corrected chi connectivity index (χ0v) is 13.1. The van der Waals surface area contributed by atoms with E-state index >= 15 is 0 Å². The van der Waals surface area contributed by atoms with Gasteiger partial charge in [-0.15, -0.1) is 0 Å². The van der Waals surface area contributed by atoms with Crippen molar-refractivity contribution in [3.8, 4) is 0 Å². The van der Waals surface area contributed by atoms with Crippen LogP contribution in [0.4, 0.5) is 5.69 Å². The minimum Gasteiger partial charge on any atom is -0.375 e. The molecule has 1 aromatic rings. The van der Waals surface area contributed by atoms with Gasteiger partial charge in [0.2, 0.25) is 0 Å². The number of para-hydroxylation sites is 1. The van der Waals surface area contributed by atoms with Gasteiger partial charge in [0.05, 0.1) is 0 Å². The van der Waals surface area contributed by atoms with Gasteiger partial charge in [-0.05, 0) is 56.3 Å². The third kappa shape index (κ3) is 5.16. The maximum Gasteiger partial charge on any atom is 0.0363 e. The van der Waals surface area contributed by atoms with Crippen LogP contribution in [0.1, 0.15) is 39.0 Å². The van der Waals surface area contributed by atoms with E-state index < -0.39 is 0 Å². The van der Waals surface area contributed by atoms with Gasteiger partial charge in [-0.2, -0.15) is 0 Å². The Morgan fingerprint density at radius 2 is 1.80 bits per heavy atom. The molecule has 1 N–H and O–H groups in total. The highest BCUT2D eigenvalue weighted by molar-refractivity contribution is 5.44. The molecule has 20 heavy (non-hydrogen) atoms. The van der Waals surface area contributed by atoms with Crippen LogP contribution in [0.3, 0.4) is 0 Å². The van der Waals surface area contributed by atoms with Crippen LogP contribution in [0.25, 0.3) is 0 Å². The molecule has 112 valence electrons. The van der Waals surface area contributed by atoms with Crippen LogP contribution in [-0.4, -0.2) is 26.7 Å². The van der Waals surface area contributed by atoms with E-state index in [2.05, 4.69) is 54.5 Å². The molecule has 2 rings (SSSR count). The van der Waals surface area contributed by atoms with Crippen LogP contribution < -0.4 is 10.2 Å². The Bertz CT molecular complexity index is 355. The van der Waals surface area contributed by atoms with E-state index in [0.717, 1.165) is 24.9 Å². The normalized spacial score (nSPS) is 22.7. The van der Waals surface area contributed by atoms with E-state index in [1.807, 2.05) is 0 Å². The summed E-state index contributed by atoms with van der Waals surface area (Å²) in [5.74, 6) is 1.89. The summed E-state index contributed by atoms with van der Waals surface area (Å²) in [4.78, 5) is 2.34. The average molecular weight is 274 g/mol. The van der Waals surface area contributed by atoms with Crippen LogP contribution in [0.5, 0.6) is 0 Å². The molecule has 0 aliphatic heterocycles. The summed E-state index contributed by atoms with van der Waals surface area (Å²) >= 11 is 0. The van der Waals surface area contributed by atoms with E-state index in [0.29, 0.717) is 0 Å². The molecular weight excluding hydrogens is 244 g/mol. The SMILES string of the molecule is CC1CCC(CNCCCN(C)c2ccccc2)CC1. The molecule has 0 radical (unpaired) electrons. The predicted octanol–water partition coefficient (Wildman–Crippen LogP) is 3.93. The lowest BCUT2D eigenvalue weighted by atomic mass is 9.83. The summed E-state index contributed by atoms with van der Waals surface area (Å²) in [7, 11) is 2.18. The second-order valence-corrected chi connectivity index (χ2v) is 6.44. The summed E-state index contributed by atoms with van der Waals surface area (Å²) in [6, 6.07) is 10.6. The lowest BCUT2D eigenvalue weighted by Crippen LogP contribution is -2.29. The van der Waals surface area contributed by atoms with Crippen molar-refractivity contribution in [3.05, 3.63) is 30.3 Å². The van der Waals surface area contributed by atoms with Crippen LogP contribution in [-0.2, 0) is 0 Å². The topological polar surface area (TPSA) is 15.3 Å². The first-order chi connectivity index (χ1) is 9.75. The standard InChI is InChI=1S/C18H30N2/c1-16-9-11-17(12-10-16)15-19-13-6-14-20(2)18-7-4-3-5-8-18/h3-5,7-8,16-17,19H,6,9-15H2,1-2H3. The number of hydrogen-bond donors (Lipinski definition) is 1. The van der Waals surface area contributed by atoms with Crippen molar-refractivity contribution < 1.29 is 0 Å². The summed E-state index contributed by atoms with van der Waals surface area (Å²) < 4.78 is 0. The zero-order valence-electron chi connectivity index (χ0n) is 13.1. The molecule has 2 nitrogen and oxygen atoms in total. The second kappa shape index (κ2) is 8.31. The predicted molar refractivity (Wildman–Crippen MR) is 88.3 cm³/mol. The highest BCUT2D eigenvalue weighted by Crippen LogP contribution is 2.27. The van der Waals surface area contributed by atoms with Crippen molar-refractivity contribution in [3.63, 3.8) is 0 Å². The van der Waals surface area contributed by atoms with Crippen LogP contribution >= 0.6 is 0 Å². The molecule has 1 aliphatic carbocycles. The maximum absolute atomic E-state index is 3.65. The Morgan fingerprint density at radius 3 is 2.50 bits per heavy atom. The first-order valence-electron chi connectivity index (χ1n) is 8.22. The van der Waals surface area contributed by atoms with Gasteiger partial charge in [0.15, 0.2) is 0 Å². The minimum atomic E-state index is 0.929. The number of hydrogen-bond acceptors (Lipinski definition) is 2. The second-order valence-electron chi connectivity index (χ2n) is 6.44. The molecule has 0 saturated heterocycles. The molecule has 0 atom stereocenters. The Hall–Kier alpha value is -1.02. The fraction of sp³-hybridized carbons (Fsp3) is 0.667. The Morgan fingerprint density at radius 1 is 1.10 bits per heavy atom. The van der Waals surface area contributed by atoms with Crippen molar-refractivity contribution in [2.75, 3.05) is 31.6 Å². The molecule has 1 saturated carbocycles. The molecule has 2 heteroatoms. The lowest BCUT2D eigenvalue weighted by molar-refractivity contribution is 0.282. The molecule has 1 aliphatic rings. The molecule has 0 aromatic heterocycles. The Labute approximate surface area is 124 Å². The highest BCUT2D eigenvalue weighted by Gasteiger charge is 2.17. The molecule has 0 unspecified atom stereocenters. The number of nitrogens with one attached hydrogen (secondary N) is 1. The van der Waals surface area contributed by atoms with E-state index in [-0.39, 0.29) is 0 Å². The van der Waals surface area contributed by atoms with Gasteiger partial charge in [0.25, 0.3) is 0 Å². The van der Waals surface area contributed by atoms with Crippen LogP contribution in [0, 0.1) is 11.8 Å². The van der Waals surface area contributed by atoms with Crippen LogP contribution in [0.15, 0.2) is 30.3 Å². The van der Waals surface area contributed by atoms with E-state index in [1.165, 1.54) is 44.3 Å². The number of rotatable bonds is 7. The summed E-state index contributed by atoms with van der Waals surface area (Å²) in [5.41, 5.74) is 1.31. The zero-order chi connectivity index (χ0) is 14.2. The fourth-order valence-corrected chi connectivity index (χ4v) is 3.09. The molecule has 0 bridgehead atoms. The average Bonchev–Trinajstić information content (AvgIpc) is 2.49. The van der Waals surface area contributed by atoms with Crippen molar-refractivity contribution >= 4 is 5.69 Å². The fourth-order valence-electron chi connectivity index (χ4n) is 3.09. The van der Waals surface area contributed by atoms with Gasteiger partial charge in [0.1, 0.15) is 0 Å². The van der Waals surface area contributed by atoms with Gasteiger partial charge in [-0.1, -0.05) is 38.0 Å². The highest BCUT2D eigenvalue weighted by atomic mass is 15.1. The molecule has 1 aromatic carbocycles. The maximum atomic E-state index is 3.65. The Balaban J connectivity index is 1.53. The minimum absolute atomic E-state index is 0.929. The van der Waals surface area contributed by atoms with Gasteiger partial charge in [0, 0.05) is 19.3 Å². The molecular formula is C18H30N2. The molecule has 0 amide bonds. The van der Waals surface area contributed by atoms with Gasteiger partial charge < -0.3 is 10.2 Å². The van der Waals surface area contributed by atoms with Crippen molar-refractivity contribution in [1.29, 1.82) is 0 Å². The lowest BCUT2D eigenvalue weighted by Gasteiger charge is -2.26. The first kappa shape index (κ1) is 15.4. The quantitative estimate of drug-likeness (QED) is 0.758. The number of benzene rings is 1. The van der Waals surface area contributed by atoms with Gasteiger partial charge >= 0.3 is 0 Å². The van der Waals surface area contributed by atoms with Gasteiger partial charge in [-0.3, -0.25) is 0 Å². The first-order valence-corrected chi connectivity index (χ1v) is 8.22. The summed E-state index contributed by atoms with van der Waals surface area (Å²) in [5, 5.41) is 3.65. The summed E-state index contributed by atoms with van der Waals surface area (Å²) in [6.45, 7) is 5.88. The molecule has 0 spiro atoms. The van der Waals surface area contributed by atoms with E-state index in [9.17, 15) is 0 Å². The monoisotopic (exact) mass is 274 g/mol.